The molecular weight excluding hydrogens is 512 g/mol. The largest absolute Gasteiger partial charge is 0.497 e. The van der Waals surface area contributed by atoms with Crippen LogP contribution in [0.15, 0.2) is 47.4 Å². The number of ether oxygens (including phenoxy) is 2. The van der Waals surface area contributed by atoms with E-state index >= 15 is 0 Å². The summed E-state index contributed by atoms with van der Waals surface area (Å²) in [7, 11) is 1.90. The van der Waals surface area contributed by atoms with Crippen molar-refractivity contribution in [1.82, 2.24) is 14.2 Å². The van der Waals surface area contributed by atoms with Crippen LogP contribution in [-0.2, 0) is 14.8 Å². The van der Waals surface area contributed by atoms with Crippen LogP contribution in [0, 0.1) is 0 Å². The molecule has 2 aromatic carbocycles. The fourth-order valence-electron chi connectivity index (χ4n) is 4.37. The Kier molecular flexibility index (Phi) is 8.49. The van der Waals surface area contributed by atoms with Gasteiger partial charge in [-0.25, -0.2) is 13.4 Å². The molecule has 0 bridgehead atoms. The maximum absolute atomic E-state index is 13.6. The summed E-state index contributed by atoms with van der Waals surface area (Å²) < 4.78 is 39.8. The second-order valence-electron chi connectivity index (χ2n) is 9.55. The molecule has 1 amide bonds. The number of hydrogen-bond donors (Lipinski definition) is 0. The average Bonchev–Trinajstić information content (AvgIpc) is 3.28. The number of aromatic nitrogens is 1. The molecule has 0 aliphatic carbocycles. The summed E-state index contributed by atoms with van der Waals surface area (Å²) in [4.78, 5) is 22.3. The van der Waals surface area contributed by atoms with Crippen molar-refractivity contribution in [1.29, 1.82) is 0 Å². The highest BCUT2D eigenvalue weighted by Gasteiger charge is 2.32. The molecule has 0 saturated carbocycles. The predicted molar refractivity (Wildman–Crippen MR) is 146 cm³/mol. The highest BCUT2D eigenvalue weighted by atomic mass is 32.2. The molecular formula is C26H34N4O5S2. The number of sulfonamides is 1. The molecule has 0 N–H and O–H groups in total. The lowest BCUT2D eigenvalue weighted by Gasteiger charge is -2.34. The van der Waals surface area contributed by atoms with E-state index in [1.165, 1.54) is 27.8 Å². The molecule has 11 heteroatoms. The van der Waals surface area contributed by atoms with Crippen molar-refractivity contribution in [3.05, 3.63) is 48.0 Å². The van der Waals surface area contributed by atoms with Gasteiger partial charge < -0.3 is 14.4 Å². The number of methoxy groups -OCH3 is 1. The van der Waals surface area contributed by atoms with Gasteiger partial charge in [-0.3, -0.25) is 9.69 Å². The Bertz CT molecular complexity index is 1330. The topological polar surface area (TPSA) is 92.3 Å². The van der Waals surface area contributed by atoms with Gasteiger partial charge in [-0.05, 0) is 77.3 Å². The monoisotopic (exact) mass is 546 g/mol. The fourth-order valence-corrected chi connectivity index (χ4v) is 6.93. The maximum atomic E-state index is 13.6. The number of hydrogen-bond acceptors (Lipinski definition) is 8. The van der Waals surface area contributed by atoms with Crippen LogP contribution in [0.5, 0.6) is 5.75 Å². The van der Waals surface area contributed by atoms with Gasteiger partial charge in [-0.15, -0.1) is 0 Å². The average molecular weight is 547 g/mol. The number of amides is 1. The summed E-state index contributed by atoms with van der Waals surface area (Å²) in [5, 5.41) is 0.597. The maximum Gasteiger partial charge on any atom is 0.260 e. The van der Waals surface area contributed by atoms with E-state index in [4.69, 9.17) is 14.5 Å². The Morgan fingerprint density at radius 3 is 2.41 bits per heavy atom. The number of morpholine rings is 1. The first-order valence-electron chi connectivity index (χ1n) is 12.3. The van der Waals surface area contributed by atoms with Crippen LogP contribution < -0.4 is 9.64 Å². The first-order valence-corrected chi connectivity index (χ1v) is 14.5. The Hall–Kier alpha value is -2.57. The Morgan fingerprint density at radius 1 is 1.11 bits per heavy atom. The van der Waals surface area contributed by atoms with Gasteiger partial charge >= 0.3 is 0 Å². The minimum absolute atomic E-state index is 0.164. The van der Waals surface area contributed by atoms with E-state index in [0.29, 0.717) is 36.1 Å². The Balaban J connectivity index is 1.60. The molecule has 1 saturated heterocycles. The molecule has 200 valence electrons. The zero-order chi connectivity index (χ0) is 26.7. The first kappa shape index (κ1) is 27.5. The normalized spacial score (nSPS) is 18.9. The predicted octanol–water partition coefficient (Wildman–Crippen LogP) is 3.70. The van der Waals surface area contributed by atoms with Crippen LogP contribution in [0.2, 0.25) is 0 Å². The lowest BCUT2D eigenvalue weighted by Crippen LogP contribution is -2.48. The van der Waals surface area contributed by atoms with E-state index in [2.05, 4.69) is 4.90 Å². The van der Waals surface area contributed by atoms with E-state index < -0.39 is 10.0 Å². The van der Waals surface area contributed by atoms with Crippen molar-refractivity contribution in [2.24, 2.45) is 0 Å². The van der Waals surface area contributed by atoms with Gasteiger partial charge in [0.2, 0.25) is 10.0 Å². The number of fused-ring (bicyclic) bond motifs is 1. The summed E-state index contributed by atoms with van der Waals surface area (Å²) in [6.07, 6.45) is 0.408. The van der Waals surface area contributed by atoms with Crippen molar-refractivity contribution >= 4 is 42.6 Å². The molecule has 4 rings (SSSR count). The quantitative estimate of drug-likeness (QED) is 0.404. The second kappa shape index (κ2) is 11.4. The standard InChI is InChI=1S/C26H34N4O5S2/c1-18-16-29(17-19(2)35-18)37(32,33)22-10-7-20(8-11-22)25(31)30(14-6-13-28(3)4)26-27-23-15-21(34-5)9-12-24(23)36-26/h7-12,15,18-19H,6,13-14,16-17H2,1-5H3. The van der Waals surface area contributed by atoms with Gasteiger partial charge in [0.25, 0.3) is 5.91 Å². The van der Waals surface area contributed by atoms with Crippen molar-refractivity contribution < 1.29 is 22.7 Å². The SMILES string of the molecule is COc1ccc2sc(N(CCCN(C)C)C(=O)c3ccc(S(=O)(=O)N4CC(C)OC(C)C4)cc3)nc2c1. The van der Waals surface area contributed by atoms with Gasteiger partial charge in [-0.2, -0.15) is 4.31 Å². The molecule has 1 aliphatic rings. The highest BCUT2D eigenvalue weighted by Crippen LogP contribution is 2.32. The van der Waals surface area contributed by atoms with Gasteiger partial charge in [0.05, 0.1) is 34.4 Å². The lowest BCUT2D eigenvalue weighted by atomic mass is 10.2. The summed E-state index contributed by atoms with van der Waals surface area (Å²) in [5.41, 5.74) is 1.17. The van der Waals surface area contributed by atoms with Crippen LogP contribution in [0.25, 0.3) is 10.2 Å². The minimum atomic E-state index is -3.69. The van der Waals surface area contributed by atoms with Crippen LogP contribution in [0.1, 0.15) is 30.6 Å². The molecule has 2 heterocycles. The highest BCUT2D eigenvalue weighted by molar-refractivity contribution is 7.89. The molecule has 0 radical (unpaired) electrons. The third-order valence-corrected chi connectivity index (χ3v) is 9.08. The Labute approximate surface area is 222 Å². The van der Waals surface area contributed by atoms with E-state index in [1.54, 1.807) is 24.1 Å². The van der Waals surface area contributed by atoms with Gasteiger partial charge in [0.1, 0.15) is 5.75 Å². The van der Waals surface area contributed by atoms with Crippen LogP contribution in [-0.4, -0.2) is 88.1 Å². The van der Waals surface area contributed by atoms with E-state index in [0.717, 1.165) is 23.2 Å². The number of rotatable bonds is 9. The number of benzene rings is 2. The van der Waals surface area contributed by atoms with E-state index in [9.17, 15) is 13.2 Å². The molecule has 0 spiro atoms. The summed E-state index contributed by atoms with van der Waals surface area (Å²) in [6, 6.07) is 11.8. The van der Waals surface area contributed by atoms with Gasteiger partial charge in [-0.1, -0.05) is 11.3 Å². The molecule has 3 aromatic rings. The number of thiazole rings is 1. The van der Waals surface area contributed by atoms with E-state index in [1.807, 2.05) is 46.1 Å². The van der Waals surface area contributed by atoms with Crippen molar-refractivity contribution in [3.63, 3.8) is 0 Å². The Morgan fingerprint density at radius 2 is 1.78 bits per heavy atom. The number of anilines is 1. The molecule has 37 heavy (non-hydrogen) atoms. The number of nitrogens with zero attached hydrogens (tertiary/aromatic N) is 4. The van der Waals surface area contributed by atoms with Crippen molar-refractivity contribution in [2.45, 2.75) is 37.4 Å². The second-order valence-corrected chi connectivity index (χ2v) is 12.5. The zero-order valence-corrected chi connectivity index (χ0v) is 23.5. The molecule has 1 fully saturated rings. The third-order valence-electron chi connectivity index (χ3n) is 6.17. The lowest BCUT2D eigenvalue weighted by molar-refractivity contribution is -0.0440. The van der Waals surface area contributed by atoms with Crippen LogP contribution in [0.3, 0.4) is 0 Å². The molecule has 2 unspecified atom stereocenters. The summed E-state index contributed by atoms with van der Waals surface area (Å²) in [6.45, 7) is 5.63. The van der Waals surface area contributed by atoms with Gasteiger partial charge in [0, 0.05) is 31.3 Å². The van der Waals surface area contributed by atoms with Crippen LogP contribution >= 0.6 is 11.3 Å². The first-order chi connectivity index (χ1) is 17.6. The molecule has 1 aliphatic heterocycles. The zero-order valence-electron chi connectivity index (χ0n) is 21.9. The number of carbonyl (C=O) groups is 1. The minimum Gasteiger partial charge on any atom is -0.497 e. The smallest absolute Gasteiger partial charge is 0.260 e. The van der Waals surface area contributed by atoms with Gasteiger partial charge in [0.15, 0.2) is 5.13 Å². The van der Waals surface area contributed by atoms with E-state index in [-0.39, 0.29) is 23.0 Å². The van der Waals surface area contributed by atoms with Crippen LogP contribution in [0.4, 0.5) is 5.13 Å². The molecule has 9 nitrogen and oxygen atoms in total. The van der Waals surface area contributed by atoms with Crippen molar-refractivity contribution in [3.8, 4) is 5.75 Å². The third kappa shape index (κ3) is 6.29. The molecule has 1 aromatic heterocycles. The van der Waals surface area contributed by atoms with Crippen molar-refractivity contribution in [2.75, 3.05) is 52.3 Å². The molecule has 2 atom stereocenters. The summed E-state index contributed by atoms with van der Waals surface area (Å²) >= 11 is 1.44. The summed E-state index contributed by atoms with van der Waals surface area (Å²) in [5.74, 6) is 0.484. The fraction of sp³-hybridized carbons (Fsp3) is 0.462. The number of carbonyl (C=O) groups excluding carboxylic acids is 1.